The summed E-state index contributed by atoms with van der Waals surface area (Å²) < 4.78 is 7.70. The largest absolute Gasteiger partial charge is 0.456 e. The Morgan fingerprint density at radius 1 is 0.931 bits per heavy atom. The molecule has 7 heteroatoms. The third-order valence-electron chi connectivity index (χ3n) is 4.70. The number of anilines is 1. The number of para-hydroxylation sites is 2. The highest BCUT2D eigenvalue weighted by molar-refractivity contribution is 6.06. The highest BCUT2D eigenvalue weighted by atomic mass is 16.3. The SMILES string of the molecule is O=C(NCc1nncn1-c1ccccc1)Nc1ccc2c(c1)oc1ccccc12. The molecule has 0 saturated carbocycles. The predicted molar refractivity (Wildman–Crippen MR) is 111 cm³/mol. The van der Waals surface area contributed by atoms with Crippen molar-refractivity contribution in [1.82, 2.24) is 20.1 Å². The van der Waals surface area contributed by atoms with E-state index in [1.54, 1.807) is 6.33 Å². The smallest absolute Gasteiger partial charge is 0.319 e. The van der Waals surface area contributed by atoms with Crippen LogP contribution < -0.4 is 10.6 Å². The Balaban J connectivity index is 1.29. The van der Waals surface area contributed by atoms with Gasteiger partial charge in [-0.1, -0.05) is 36.4 Å². The summed E-state index contributed by atoms with van der Waals surface area (Å²) in [4.78, 5) is 12.4. The lowest BCUT2D eigenvalue weighted by molar-refractivity contribution is 0.251. The van der Waals surface area contributed by atoms with Crippen LogP contribution in [0, 0.1) is 0 Å². The molecule has 0 unspecified atom stereocenters. The molecule has 7 nitrogen and oxygen atoms in total. The van der Waals surface area contributed by atoms with Crippen LogP contribution in [-0.4, -0.2) is 20.8 Å². The molecule has 0 aliphatic heterocycles. The van der Waals surface area contributed by atoms with Crippen LogP contribution in [0.2, 0.25) is 0 Å². The molecule has 2 aromatic heterocycles. The molecule has 5 rings (SSSR count). The molecule has 2 N–H and O–H groups in total. The molecule has 0 atom stereocenters. The standard InChI is InChI=1S/C22H17N5O2/c28-22(23-13-21-26-24-14-27(21)16-6-2-1-3-7-16)25-15-10-11-18-17-8-4-5-9-19(17)29-20(18)12-15/h1-12,14H,13H2,(H2,23,25,28). The number of urea groups is 1. The van der Waals surface area contributed by atoms with Gasteiger partial charge in [-0.05, 0) is 30.3 Å². The van der Waals surface area contributed by atoms with Gasteiger partial charge in [-0.25, -0.2) is 4.79 Å². The van der Waals surface area contributed by atoms with Crippen molar-refractivity contribution in [3.63, 3.8) is 0 Å². The lowest BCUT2D eigenvalue weighted by Crippen LogP contribution is -2.29. The lowest BCUT2D eigenvalue weighted by atomic mass is 10.1. The van der Waals surface area contributed by atoms with E-state index in [4.69, 9.17) is 4.42 Å². The van der Waals surface area contributed by atoms with Crippen LogP contribution in [0.4, 0.5) is 10.5 Å². The quantitative estimate of drug-likeness (QED) is 0.479. The molecule has 0 fully saturated rings. The molecule has 0 aliphatic rings. The number of amides is 2. The minimum atomic E-state index is -0.330. The van der Waals surface area contributed by atoms with Crippen molar-refractivity contribution in [1.29, 1.82) is 0 Å². The van der Waals surface area contributed by atoms with Gasteiger partial charge in [0.25, 0.3) is 0 Å². The molecule has 142 valence electrons. The number of fused-ring (bicyclic) bond motifs is 3. The molecule has 29 heavy (non-hydrogen) atoms. The number of furan rings is 1. The fourth-order valence-electron chi connectivity index (χ4n) is 3.32. The van der Waals surface area contributed by atoms with Crippen molar-refractivity contribution in [3.05, 3.63) is 84.9 Å². The van der Waals surface area contributed by atoms with Crippen molar-refractivity contribution in [2.24, 2.45) is 0 Å². The third-order valence-corrected chi connectivity index (χ3v) is 4.70. The molecular formula is C22H17N5O2. The maximum absolute atomic E-state index is 12.4. The molecule has 0 bridgehead atoms. The van der Waals surface area contributed by atoms with Crippen molar-refractivity contribution in [2.75, 3.05) is 5.32 Å². The Morgan fingerprint density at radius 2 is 1.72 bits per heavy atom. The van der Waals surface area contributed by atoms with Crippen LogP contribution in [0.5, 0.6) is 0 Å². The van der Waals surface area contributed by atoms with E-state index < -0.39 is 0 Å². The normalized spacial score (nSPS) is 11.0. The van der Waals surface area contributed by atoms with E-state index in [2.05, 4.69) is 20.8 Å². The minimum absolute atomic E-state index is 0.244. The summed E-state index contributed by atoms with van der Waals surface area (Å²) in [7, 11) is 0. The first-order valence-electron chi connectivity index (χ1n) is 9.18. The maximum Gasteiger partial charge on any atom is 0.319 e. The van der Waals surface area contributed by atoms with Gasteiger partial charge in [-0.2, -0.15) is 0 Å². The van der Waals surface area contributed by atoms with E-state index in [-0.39, 0.29) is 12.6 Å². The predicted octanol–water partition coefficient (Wildman–Crippen LogP) is 4.49. The van der Waals surface area contributed by atoms with Crippen LogP contribution in [0.3, 0.4) is 0 Å². The van der Waals surface area contributed by atoms with Gasteiger partial charge in [-0.3, -0.25) is 4.57 Å². The zero-order valence-corrected chi connectivity index (χ0v) is 15.4. The average Bonchev–Trinajstić information content (AvgIpc) is 3.37. The highest BCUT2D eigenvalue weighted by Gasteiger charge is 2.10. The second kappa shape index (κ2) is 7.12. The summed E-state index contributed by atoms with van der Waals surface area (Å²) in [5.74, 6) is 0.638. The van der Waals surface area contributed by atoms with E-state index in [1.165, 1.54) is 0 Å². The summed E-state index contributed by atoms with van der Waals surface area (Å²) in [6.07, 6.45) is 1.62. The average molecular weight is 383 g/mol. The first-order chi connectivity index (χ1) is 14.3. The van der Waals surface area contributed by atoms with E-state index in [0.29, 0.717) is 11.5 Å². The fourth-order valence-corrected chi connectivity index (χ4v) is 3.32. The molecule has 2 amide bonds. The van der Waals surface area contributed by atoms with Crippen LogP contribution in [0.25, 0.3) is 27.6 Å². The first kappa shape index (κ1) is 17.0. The van der Waals surface area contributed by atoms with E-state index in [0.717, 1.165) is 27.6 Å². The Hall–Kier alpha value is -4.13. The number of hydrogen-bond acceptors (Lipinski definition) is 4. The number of nitrogens with one attached hydrogen (secondary N) is 2. The van der Waals surface area contributed by atoms with Gasteiger partial charge < -0.3 is 15.1 Å². The number of carbonyl (C=O) groups excluding carboxylic acids is 1. The molecule has 0 aliphatic carbocycles. The summed E-state index contributed by atoms with van der Waals surface area (Å²) in [5, 5.41) is 15.8. The van der Waals surface area contributed by atoms with Gasteiger partial charge in [0.05, 0.1) is 6.54 Å². The van der Waals surface area contributed by atoms with Gasteiger partial charge in [0.2, 0.25) is 0 Å². The molecule has 0 spiro atoms. The van der Waals surface area contributed by atoms with E-state index >= 15 is 0 Å². The zero-order valence-electron chi connectivity index (χ0n) is 15.4. The van der Waals surface area contributed by atoms with Gasteiger partial charge in [-0.15, -0.1) is 10.2 Å². The van der Waals surface area contributed by atoms with E-state index in [1.807, 2.05) is 77.4 Å². The number of rotatable bonds is 4. The van der Waals surface area contributed by atoms with Crippen molar-refractivity contribution < 1.29 is 9.21 Å². The van der Waals surface area contributed by atoms with Gasteiger partial charge in [0.15, 0.2) is 5.82 Å². The third kappa shape index (κ3) is 3.29. The number of carbonyl (C=O) groups is 1. The fraction of sp³-hybridized carbons (Fsp3) is 0.0455. The summed E-state index contributed by atoms with van der Waals surface area (Å²) in [6, 6.07) is 22.9. The monoisotopic (exact) mass is 383 g/mol. The maximum atomic E-state index is 12.4. The van der Waals surface area contributed by atoms with Crippen molar-refractivity contribution >= 4 is 33.7 Å². The highest BCUT2D eigenvalue weighted by Crippen LogP contribution is 2.30. The Bertz CT molecular complexity index is 1310. The molecule has 5 aromatic rings. The van der Waals surface area contributed by atoms with Crippen molar-refractivity contribution in [2.45, 2.75) is 6.54 Å². The summed E-state index contributed by atoms with van der Waals surface area (Å²) >= 11 is 0. The van der Waals surface area contributed by atoms with Crippen LogP contribution >= 0.6 is 0 Å². The molecular weight excluding hydrogens is 366 g/mol. The van der Waals surface area contributed by atoms with Crippen LogP contribution in [0.15, 0.2) is 83.5 Å². The number of nitrogens with zero attached hydrogens (tertiary/aromatic N) is 3. The Labute approximate surface area is 166 Å². The number of benzene rings is 3. The van der Waals surface area contributed by atoms with Gasteiger partial charge in [0, 0.05) is 28.2 Å². The van der Waals surface area contributed by atoms with Gasteiger partial charge >= 0.3 is 6.03 Å². The second-order valence-electron chi connectivity index (χ2n) is 6.57. The zero-order chi connectivity index (χ0) is 19.6. The van der Waals surface area contributed by atoms with Gasteiger partial charge in [0.1, 0.15) is 17.5 Å². The number of aromatic nitrogens is 3. The molecule has 0 saturated heterocycles. The number of hydrogen-bond donors (Lipinski definition) is 2. The Morgan fingerprint density at radius 3 is 2.62 bits per heavy atom. The Kier molecular flexibility index (Phi) is 4.18. The molecule has 2 heterocycles. The van der Waals surface area contributed by atoms with Crippen LogP contribution in [-0.2, 0) is 6.54 Å². The lowest BCUT2D eigenvalue weighted by Gasteiger charge is -2.09. The molecule has 0 radical (unpaired) electrons. The summed E-state index contributed by atoms with van der Waals surface area (Å²) in [6.45, 7) is 0.244. The summed E-state index contributed by atoms with van der Waals surface area (Å²) in [5.41, 5.74) is 3.14. The van der Waals surface area contributed by atoms with Crippen molar-refractivity contribution in [3.8, 4) is 5.69 Å². The topological polar surface area (TPSA) is 85.0 Å². The molecule has 3 aromatic carbocycles. The minimum Gasteiger partial charge on any atom is -0.456 e. The van der Waals surface area contributed by atoms with Crippen LogP contribution in [0.1, 0.15) is 5.82 Å². The van der Waals surface area contributed by atoms with E-state index in [9.17, 15) is 4.79 Å². The second-order valence-corrected chi connectivity index (χ2v) is 6.57. The first-order valence-corrected chi connectivity index (χ1v) is 9.18.